The average Bonchev–Trinajstić information content (AvgIpc) is 3.16. The maximum absolute atomic E-state index is 12.7. The van der Waals surface area contributed by atoms with Crippen molar-refractivity contribution in [3.05, 3.63) is 53.9 Å². The summed E-state index contributed by atoms with van der Waals surface area (Å²) in [4.78, 5) is 12.7. The molecule has 8 nitrogen and oxygen atoms in total. The summed E-state index contributed by atoms with van der Waals surface area (Å²) < 4.78 is 12.1. The molecule has 0 bridgehead atoms. The number of carbonyl (C=O) groups excluding carboxylic acids is 1. The van der Waals surface area contributed by atoms with Crippen LogP contribution in [0.4, 0.5) is 5.69 Å². The number of tetrazole rings is 1. The van der Waals surface area contributed by atoms with Gasteiger partial charge in [0.05, 0.1) is 25.6 Å². The number of anilines is 1. The standard InChI is InChI=1S/C18H19N5O3/c1-4-17-20-21-22-23(17)16-8-6-5-7-15(16)19-18(24)12-9-13(25-2)11-14(10-12)26-3/h5-11H,4H2,1-3H3,(H,19,24). The minimum absolute atomic E-state index is 0.291. The van der Waals surface area contributed by atoms with Crippen LogP contribution in [-0.4, -0.2) is 40.3 Å². The molecule has 0 aliphatic rings. The van der Waals surface area contributed by atoms with Crippen molar-refractivity contribution in [1.82, 2.24) is 20.2 Å². The highest BCUT2D eigenvalue weighted by atomic mass is 16.5. The highest BCUT2D eigenvalue weighted by Crippen LogP contribution is 2.25. The predicted octanol–water partition coefficient (Wildman–Crippen LogP) is 2.49. The van der Waals surface area contributed by atoms with Crippen LogP contribution in [0.5, 0.6) is 11.5 Å². The summed E-state index contributed by atoms with van der Waals surface area (Å²) in [7, 11) is 3.07. The first-order valence-corrected chi connectivity index (χ1v) is 8.07. The van der Waals surface area contributed by atoms with Gasteiger partial charge in [0.15, 0.2) is 5.82 Å². The van der Waals surface area contributed by atoms with Crippen molar-refractivity contribution in [2.24, 2.45) is 0 Å². The van der Waals surface area contributed by atoms with Crippen LogP contribution in [-0.2, 0) is 6.42 Å². The van der Waals surface area contributed by atoms with Gasteiger partial charge in [0, 0.05) is 18.1 Å². The Kier molecular flexibility index (Phi) is 5.12. The lowest BCUT2D eigenvalue weighted by Crippen LogP contribution is -2.15. The molecule has 134 valence electrons. The number of methoxy groups -OCH3 is 2. The van der Waals surface area contributed by atoms with Gasteiger partial charge in [0.25, 0.3) is 5.91 Å². The van der Waals surface area contributed by atoms with Gasteiger partial charge in [-0.3, -0.25) is 4.79 Å². The van der Waals surface area contributed by atoms with Crippen LogP contribution in [0.3, 0.4) is 0 Å². The SMILES string of the molecule is CCc1nnnn1-c1ccccc1NC(=O)c1cc(OC)cc(OC)c1. The number of nitrogens with one attached hydrogen (secondary N) is 1. The molecule has 0 spiro atoms. The fourth-order valence-electron chi connectivity index (χ4n) is 2.51. The van der Waals surface area contributed by atoms with Gasteiger partial charge < -0.3 is 14.8 Å². The molecule has 0 atom stereocenters. The second kappa shape index (κ2) is 7.64. The van der Waals surface area contributed by atoms with Crippen molar-refractivity contribution >= 4 is 11.6 Å². The number of hydrogen-bond donors (Lipinski definition) is 1. The fraction of sp³-hybridized carbons (Fsp3) is 0.222. The van der Waals surface area contributed by atoms with Gasteiger partial charge >= 0.3 is 0 Å². The van der Waals surface area contributed by atoms with E-state index in [1.165, 1.54) is 14.2 Å². The lowest BCUT2D eigenvalue weighted by Gasteiger charge is -2.13. The number of para-hydroxylation sites is 2. The fourth-order valence-corrected chi connectivity index (χ4v) is 2.51. The molecule has 26 heavy (non-hydrogen) atoms. The van der Waals surface area contributed by atoms with E-state index in [0.29, 0.717) is 40.7 Å². The van der Waals surface area contributed by atoms with E-state index in [1.54, 1.807) is 28.9 Å². The van der Waals surface area contributed by atoms with Crippen molar-refractivity contribution in [3.8, 4) is 17.2 Å². The number of aromatic nitrogens is 4. The Bertz CT molecular complexity index is 900. The summed E-state index contributed by atoms with van der Waals surface area (Å²) in [6.07, 6.45) is 0.669. The average molecular weight is 353 g/mol. The lowest BCUT2D eigenvalue weighted by atomic mass is 10.1. The molecule has 0 saturated heterocycles. The molecule has 1 amide bonds. The Labute approximate surface area is 150 Å². The number of nitrogens with zero attached hydrogens (tertiary/aromatic N) is 4. The van der Waals surface area contributed by atoms with E-state index in [9.17, 15) is 4.79 Å². The third-order valence-corrected chi connectivity index (χ3v) is 3.84. The summed E-state index contributed by atoms with van der Waals surface area (Å²) in [5.74, 6) is 1.49. The van der Waals surface area contributed by atoms with E-state index in [0.717, 1.165) is 0 Å². The minimum Gasteiger partial charge on any atom is -0.497 e. The molecule has 1 aromatic heterocycles. The van der Waals surface area contributed by atoms with Gasteiger partial charge in [-0.2, -0.15) is 4.68 Å². The molecule has 0 unspecified atom stereocenters. The normalized spacial score (nSPS) is 10.4. The molecule has 0 aliphatic carbocycles. The minimum atomic E-state index is -0.291. The van der Waals surface area contributed by atoms with Crippen molar-refractivity contribution in [2.45, 2.75) is 13.3 Å². The maximum Gasteiger partial charge on any atom is 0.255 e. The van der Waals surface area contributed by atoms with Crippen molar-refractivity contribution in [3.63, 3.8) is 0 Å². The Balaban J connectivity index is 1.94. The maximum atomic E-state index is 12.7. The molecule has 0 fully saturated rings. The highest BCUT2D eigenvalue weighted by Gasteiger charge is 2.15. The first kappa shape index (κ1) is 17.4. The van der Waals surface area contributed by atoms with Crippen molar-refractivity contribution in [2.75, 3.05) is 19.5 Å². The van der Waals surface area contributed by atoms with Crippen LogP contribution in [0.2, 0.25) is 0 Å². The van der Waals surface area contributed by atoms with Crippen molar-refractivity contribution < 1.29 is 14.3 Å². The highest BCUT2D eigenvalue weighted by molar-refractivity contribution is 6.05. The molecule has 1 heterocycles. The Morgan fingerprint density at radius 1 is 1.12 bits per heavy atom. The van der Waals surface area contributed by atoms with Crippen LogP contribution in [0.1, 0.15) is 23.1 Å². The topological polar surface area (TPSA) is 91.2 Å². The number of carbonyl (C=O) groups is 1. The van der Waals surface area contributed by atoms with E-state index in [-0.39, 0.29) is 5.91 Å². The van der Waals surface area contributed by atoms with E-state index >= 15 is 0 Å². The molecule has 0 saturated carbocycles. The van der Waals surface area contributed by atoms with Gasteiger partial charge in [0.2, 0.25) is 0 Å². The summed E-state index contributed by atoms with van der Waals surface area (Å²) >= 11 is 0. The molecular weight excluding hydrogens is 334 g/mol. The molecule has 3 rings (SSSR count). The molecule has 8 heteroatoms. The van der Waals surface area contributed by atoms with Gasteiger partial charge in [-0.05, 0) is 34.7 Å². The van der Waals surface area contributed by atoms with Gasteiger partial charge in [-0.1, -0.05) is 19.1 Å². The van der Waals surface area contributed by atoms with E-state index in [1.807, 2.05) is 25.1 Å². The van der Waals surface area contributed by atoms with E-state index in [4.69, 9.17) is 9.47 Å². The third kappa shape index (κ3) is 3.49. The number of rotatable bonds is 6. The van der Waals surface area contributed by atoms with Gasteiger partial charge in [-0.25, -0.2) is 0 Å². The molecule has 0 aliphatic heterocycles. The zero-order valence-electron chi connectivity index (χ0n) is 14.8. The molecule has 0 radical (unpaired) electrons. The number of amides is 1. The number of ether oxygens (including phenoxy) is 2. The summed E-state index contributed by atoms with van der Waals surface area (Å²) in [5, 5.41) is 14.6. The largest absolute Gasteiger partial charge is 0.497 e. The van der Waals surface area contributed by atoms with Crippen LogP contribution in [0.15, 0.2) is 42.5 Å². The third-order valence-electron chi connectivity index (χ3n) is 3.84. The summed E-state index contributed by atoms with van der Waals surface area (Å²) in [5.41, 5.74) is 1.71. The Morgan fingerprint density at radius 3 is 2.46 bits per heavy atom. The Morgan fingerprint density at radius 2 is 1.81 bits per heavy atom. The molecule has 3 aromatic rings. The predicted molar refractivity (Wildman–Crippen MR) is 96.0 cm³/mol. The first-order chi connectivity index (χ1) is 12.7. The van der Waals surface area contributed by atoms with Gasteiger partial charge in [0.1, 0.15) is 11.5 Å². The second-order valence-electron chi connectivity index (χ2n) is 5.43. The zero-order valence-corrected chi connectivity index (χ0v) is 14.8. The Hall–Kier alpha value is -3.42. The summed E-state index contributed by atoms with van der Waals surface area (Å²) in [6, 6.07) is 12.3. The van der Waals surface area contributed by atoms with Crippen LogP contribution in [0, 0.1) is 0 Å². The van der Waals surface area contributed by atoms with E-state index < -0.39 is 0 Å². The molecule has 2 aromatic carbocycles. The molecule has 1 N–H and O–H groups in total. The first-order valence-electron chi connectivity index (χ1n) is 8.07. The van der Waals surface area contributed by atoms with E-state index in [2.05, 4.69) is 20.8 Å². The number of benzene rings is 2. The van der Waals surface area contributed by atoms with Gasteiger partial charge in [-0.15, -0.1) is 5.10 Å². The smallest absolute Gasteiger partial charge is 0.255 e. The van der Waals surface area contributed by atoms with Crippen LogP contribution in [0.25, 0.3) is 5.69 Å². The number of aryl methyl sites for hydroxylation is 1. The quantitative estimate of drug-likeness (QED) is 0.732. The number of hydrogen-bond acceptors (Lipinski definition) is 6. The summed E-state index contributed by atoms with van der Waals surface area (Å²) in [6.45, 7) is 1.96. The van der Waals surface area contributed by atoms with Crippen LogP contribution >= 0.6 is 0 Å². The monoisotopic (exact) mass is 353 g/mol. The lowest BCUT2D eigenvalue weighted by molar-refractivity contribution is 0.102. The zero-order chi connectivity index (χ0) is 18.5. The van der Waals surface area contributed by atoms with Crippen molar-refractivity contribution in [1.29, 1.82) is 0 Å². The van der Waals surface area contributed by atoms with Crippen LogP contribution < -0.4 is 14.8 Å². The molecular formula is C18H19N5O3. The second-order valence-corrected chi connectivity index (χ2v) is 5.43.